The number of carbonyl (C=O) groups excluding carboxylic acids is 11. The molecular formula is C65H92ClF6N11O11. The van der Waals surface area contributed by atoms with Crippen molar-refractivity contribution < 1.29 is 79.1 Å². The van der Waals surface area contributed by atoms with Gasteiger partial charge in [0, 0.05) is 67.7 Å². The van der Waals surface area contributed by atoms with Crippen LogP contribution in [0.5, 0.6) is 0 Å². The molecule has 522 valence electrons. The molecule has 0 aromatic heterocycles. The molecule has 0 bridgehead atoms. The van der Waals surface area contributed by atoms with Crippen molar-refractivity contribution in [2.24, 2.45) is 17.8 Å². The number of likely N-dealkylation sites (N-methyl/N-ethyl adjacent to an activating group) is 6. The summed E-state index contributed by atoms with van der Waals surface area (Å²) in [6, 6.07) is -1.84. The van der Waals surface area contributed by atoms with Gasteiger partial charge in [-0.15, -0.1) is 0 Å². The summed E-state index contributed by atoms with van der Waals surface area (Å²) in [5.41, 5.74) is -3.59. The summed E-state index contributed by atoms with van der Waals surface area (Å²) in [6.07, 6.45) is -8.76. The summed E-state index contributed by atoms with van der Waals surface area (Å²) in [5, 5.41) is 10.6. The number of rotatable bonds is 10. The Kier molecular flexibility index (Phi) is 26.9. The van der Waals surface area contributed by atoms with Crippen molar-refractivity contribution in [1.29, 1.82) is 0 Å². The Morgan fingerprint density at radius 1 is 0.638 bits per heavy atom. The van der Waals surface area contributed by atoms with Gasteiger partial charge in [-0.1, -0.05) is 96.7 Å². The van der Waals surface area contributed by atoms with E-state index in [0.717, 1.165) is 63.0 Å². The summed E-state index contributed by atoms with van der Waals surface area (Å²) in [6.45, 7) is 9.94. The maximum Gasteiger partial charge on any atom is 0.417 e. The molecule has 94 heavy (non-hydrogen) atoms. The van der Waals surface area contributed by atoms with Crippen molar-refractivity contribution in [1.82, 2.24) is 55.6 Å². The molecule has 1 spiro atoms. The highest BCUT2D eigenvalue weighted by molar-refractivity contribution is 6.31. The Labute approximate surface area is 550 Å². The molecule has 11 amide bonds. The van der Waals surface area contributed by atoms with Crippen molar-refractivity contribution in [2.75, 3.05) is 68.5 Å². The molecule has 2 aromatic carbocycles. The van der Waals surface area contributed by atoms with Crippen LogP contribution >= 0.6 is 11.6 Å². The van der Waals surface area contributed by atoms with Gasteiger partial charge >= 0.3 is 12.4 Å². The molecule has 5 rings (SSSR count). The number of nitrogens with one attached hydrogen (secondary N) is 4. The molecule has 1 saturated carbocycles. The maximum atomic E-state index is 15.0. The van der Waals surface area contributed by atoms with Crippen molar-refractivity contribution in [3.8, 4) is 0 Å². The fourth-order valence-corrected chi connectivity index (χ4v) is 12.7. The molecule has 0 radical (unpaired) electrons. The van der Waals surface area contributed by atoms with Gasteiger partial charge in [0.25, 0.3) is 0 Å². The predicted octanol–water partition coefficient (Wildman–Crippen LogP) is 5.46. The van der Waals surface area contributed by atoms with Crippen LogP contribution in [0.2, 0.25) is 5.02 Å². The lowest BCUT2D eigenvalue weighted by atomic mass is 9.92. The van der Waals surface area contributed by atoms with E-state index in [2.05, 4.69) is 21.3 Å². The minimum atomic E-state index is -4.82. The monoisotopic (exact) mass is 1350 g/mol. The zero-order valence-corrected chi connectivity index (χ0v) is 56.7. The van der Waals surface area contributed by atoms with Gasteiger partial charge in [-0.05, 0) is 98.9 Å². The highest BCUT2D eigenvalue weighted by Crippen LogP contribution is 2.37. The zero-order valence-electron chi connectivity index (χ0n) is 55.9. The molecule has 8 atom stereocenters. The first-order valence-corrected chi connectivity index (χ1v) is 32.2. The van der Waals surface area contributed by atoms with Crippen LogP contribution in [-0.2, 0) is 77.9 Å². The highest BCUT2D eigenvalue weighted by Gasteiger charge is 2.50. The van der Waals surface area contributed by atoms with Gasteiger partial charge in [-0.2, -0.15) is 26.3 Å². The third kappa shape index (κ3) is 19.8. The Morgan fingerprint density at radius 2 is 1.26 bits per heavy atom. The smallest absolute Gasteiger partial charge is 0.351 e. The number of alkyl halides is 6. The van der Waals surface area contributed by atoms with Crippen molar-refractivity contribution in [3.63, 3.8) is 0 Å². The van der Waals surface area contributed by atoms with Crippen LogP contribution in [0.1, 0.15) is 135 Å². The lowest BCUT2D eigenvalue weighted by Crippen LogP contribution is -2.64. The molecule has 22 nitrogen and oxygen atoms in total. The third-order valence-corrected chi connectivity index (χ3v) is 18.3. The molecule has 2 saturated heterocycles. The Hall–Kier alpha value is -7.52. The molecule has 2 aliphatic heterocycles. The zero-order chi connectivity index (χ0) is 70.6. The first-order chi connectivity index (χ1) is 43.7. The summed E-state index contributed by atoms with van der Waals surface area (Å²) in [4.78, 5) is 167. The first kappa shape index (κ1) is 77.2. The van der Waals surface area contributed by atoms with Crippen LogP contribution < -0.4 is 21.3 Å². The second-order valence-corrected chi connectivity index (χ2v) is 26.6. The summed E-state index contributed by atoms with van der Waals surface area (Å²) in [7, 11) is 7.73. The second-order valence-electron chi connectivity index (χ2n) is 26.2. The van der Waals surface area contributed by atoms with Gasteiger partial charge in [0.05, 0.1) is 35.8 Å². The van der Waals surface area contributed by atoms with Crippen LogP contribution in [0, 0.1) is 17.8 Å². The third-order valence-electron chi connectivity index (χ3n) is 18.0. The van der Waals surface area contributed by atoms with Crippen molar-refractivity contribution in [3.05, 3.63) is 69.7 Å². The van der Waals surface area contributed by atoms with Gasteiger partial charge in [0.1, 0.15) is 41.8 Å². The van der Waals surface area contributed by atoms with E-state index in [-0.39, 0.29) is 75.0 Å². The molecule has 2 heterocycles. The van der Waals surface area contributed by atoms with Crippen LogP contribution in [0.15, 0.2) is 42.5 Å². The normalized spacial score (nSPS) is 24.7. The van der Waals surface area contributed by atoms with Gasteiger partial charge in [-0.25, -0.2) is 0 Å². The molecule has 3 aliphatic rings. The van der Waals surface area contributed by atoms with E-state index in [1.165, 1.54) is 56.0 Å². The largest absolute Gasteiger partial charge is 0.417 e. The lowest BCUT2D eigenvalue weighted by molar-refractivity contribution is -0.149. The highest BCUT2D eigenvalue weighted by atomic mass is 35.5. The number of benzene rings is 2. The minimum Gasteiger partial charge on any atom is -0.351 e. The fourth-order valence-electron chi connectivity index (χ4n) is 12.4. The Balaban J connectivity index is 1.58. The Bertz CT molecular complexity index is 3110. The molecule has 4 N–H and O–H groups in total. The summed E-state index contributed by atoms with van der Waals surface area (Å²) >= 11 is 6.08. The van der Waals surface area contributed by atoms with Gasteiger partial charge in [-0.3, -0.25) is 52.7 Å². The molecule has 2 aromatic rings. The number of hydrogen-bond acceptors (Lipinski definition) is 11. The number of amides is 11. The first-order valence-electron chi connectivity index (χ1n) is 31.8. The molecule has 1 unspecified atom stereocenters. The second kappa shape index (κ2) is 32.8. The van der Waals surface area contributed by atoms with Crippen LogP contribution in [0.3, 0.4) is 0 Å². The van der Waals surface area contributed by atoms with E-state index >= 15 is 0 Å². The van der Waals surface area contributed by atoms with E-state index in [9.17, 15) is 79.1 Å². The van der Waals surface area contributed by atoms with Crippen LogP contribution in [0.4, 0.5) is 26.3 Å². The van der Waals surface area contributed by atoms with Crippen molar-refractivity contribution in [2.45, 2.75) is 186 Å². The lowest BCUT2D eigenvalue weighted by Gasteiger charge is -2.39. The maximum absolute atomic E-state index is 15.0. The number of hydrogen-bond donors (Lipinski definition) is 4. The van der Waals surface area contributed by atoms with E-state index in [0.29, 0.717) is 19.3 Å². The predicted molar refractivity (Wildman–Crippen MR) is 336 cm³/mol. The van der Waals surface area contributed by atoms with Crippen LogP contribution in [0.25, 0.3) is 0 Å². The number of fused-ring (bicyclic) bond motifs is 1. The summed E-state index contributed by atoms with van der Waals surface area (Å²) in [5.74, 6) is -9.53. The van der Waals surface area contributed by atoms with Crippen molar-refractivity contribution >= 4 is 76.6 Å². The van der Waals surface area contributed by atoms with Gasteiger partial charge in [0.15, 0.2) is 0 Å². The van der Waals surface area contributed by atoms with Gasteiger partial charge < -0.3 is 55.6 Å². The number of aryl methyl sites for hydroxylation is 1. The molecule has 29 heteroatoms. The van der Waals surface area contributed by atoms with E-state index in [1.807, 2.05) is 13.8 Å². The van der Waals surface area contributed by atoms with E-state index in [4.69, 9.17) is 11.6 Å². The van der Waals surface area contributed by atoms with E-state index < -0.39 is 179 Å². The number of halogens is 7. The van der Waals surface area contributed by atoms with Gasteiger partial charge in [0.2, 0.25) is 65.0 Å². The number of carbonyl (C=O) groups is 11. The van der Waals surface area contributed by atoms with Crippen LogP contribution in [-0.4, -0.2) is 216 Å². The number of nitrogens with zero attached hydrogens (tertiary/aromatic N) is 7. The standard InChI is InChI=1S/C65H92ClF6N11O11/c1-14-39(6)54-61(93)79(10)35-52(86)77(8)36-53(87)81(12)49(33-42-19-17-20-43(31-42)64(67,68)69)60(92)78(9)34-50(84)74-46(25-23-41-22-24-44(45(66)32-41)65(70,71)72)59(91)83-28-18-21-47(83)57(89)76-63(26-15-16-27-63)62(94)82(13)55(38(4)5)58(90)73-40(7)30-51(85)80(11)48(29-37(2)3)56(88)75-54/h17,19-20,22,24,31-32,37-40,46-49,54-55H,14-16,18,21,23,25-30,33-36H2,1-13H3,(H,73,90)(H,74,84)(H,75,88)(H,76,89)/t39-,40+,46-,47?,48-,49-,54-,55-/m0/s1. The van der Waals surface area contributed by atoms with E-state index in [1.54, 1.807) is 34.6 Å². The molecule has 3 fully saturated rings. The molecule has 1 aliphatic carbocycles. The SMILES string of the molecule is CC[C@H](C)[C@@H]1NC(=O)[C@H](CC(C)C)N(C)C(=O)C[C@@H](C)NC(=O)[C@H](C(C)C)N(C)C(=O)C2(CCCC2)NC(=O)C2CCCN2C(=O)[C@H](CCc2ccc(C(F)(F)F)c(Cl)c2)NC(=O)CN(C)C(=O)[C@H](Cc2cccc(C(F)(F)F)c2)N(C)C(=O)CN(C)C(=O)CN(C)C1=O. The quantitative estimate of drug-likeness (QED) is 0.217. The Morgan fingerprint density at radius 3 is 1.84 bits per heavy atom. The minimum absolute atomic E-state index is 0.0296. The topological polar surface area (TPSA) is 259 Å². The average molecular weight is 1350 g/mol. The molecular weight excluding hydrogens is 1260 g/mol. The average Bonchev–Trinajstić information content (AvgIpc) is 1.55. The fraction of sp³-hybridized carbons (Fsp3) is 0.646. The summed E-state index contributed by atoms with van der Waals surface area (Å²) < 4.78 is 83.5.